The lowest BCUT2D eigenvalue weighted by Gasteiger charge is -2.29. The number of piperidine rings is 1. The maximum absolute atomic E-state index is 12.5. The van der Waals surface area contributed by atoms with Gasteiger partial charge in [-0.3, -0.25) is 4.98 Å². The van der Waals surface area contributed by atoms with Gasteiger partial charge in [0.05, 0.1) is 11.2 Å². The maximum Gasteiger partial charge on any atom is 0.179 e. The number of para-hydroxylation sites is 1. The van der Waals surface area contributed by atoms with E-state index in [0.717, 1.165) is 43.4 Å². The molecule has 2 heterocycles. The normalized spacial score (nSPS) is 16.1. The Labute approximate surface area is 177 Å². The number of likely N-dealkylation sites (tertiary alicyclic amines) is 1. The second-order valence-electron chi connectivity index (χ2n) is 8.15. The third-order valence-electron chi connectivity index (χ3n) is 5.85. The molecule has 6 nitrogen and oxygen atoms in total. The quantitative estimate of drug-likeness (QED) is 0.648. The molecule has 0 radical (unpaired) electrons. The number of benzene rings is 2. The molecule has 1 aliphatic rings. The highest BCUT2D eigenvalue weighted by atomic mass is 32.2. The van der Waals surface area contributed by atoms with Gasteiger partial charge < -0.3 is 15.3 Å². The average Bonchev–Trinajstić information content (AvgIpc) is 2.72. The van der Waals surface area contributed by atoms with Gasteiger partial charge in [0.15, 0.2) is 9.84 Å². The molecule has 0 spiro atoms. The Hall–Kier alpha value is -2.64. The van der Waals surface area contributed by atoms with Crippen LogP contribution in [-0.4, -0.2) is 56.3 Å². The SMILES string of the molecule is CN1CCC(CNc2c(S(C)(=O)=O)cnc3ccc(-c4ccccc4O)cc23)CC1. The van der Waals surface area contributed by atoms with Crippen LogP contribution in [0.1, 0.15) is 12.8 Å². The third kappa shape index (κ3) is 4.27. The van der Waals surface area contributed by atoms with E-state index in [-0.39, 0.29) is 10.6 Å². The van der Waals surface area contributed by atoms with Gasteiger partial charge in [0.2, 0.25) is 0 Å². The predicted octanol–water partition coefficient (Wildman–Crippen LogP) is 3.76. The Bertz CT molecular complexity index is 1170. The zero-order valence-electron chi connectivity index (χ0n) is 17.3. The predicted molar refractivity (Wildman–Crippen MR) is 121 cm³/mol. The molecule has 4 rings (SSSR count). The molecule has 1 fully saturated rings. The van der Waals surface area contributed by atoms with E-state index in [0.29, 0.717) is 22.7 Å². The van der Waals surface area contributed by atoms with Crippen LogP contribution in [0.15, 0.2) is 53.6 Å². The van der Waals surface area contributed by atoms with E-state index in [9.17, 15) is 13.5 Å². The van der Waals surface area contributed by atoms with Crippen LogP contribution in [0.25, 0.3) is 22.0 Å². The van der Waals surface area contributed by atoms with E-state index in [4.69, 9.17) is 0 Å². The number of fused-ring (bicyclic) bond motifs is 1. The summed E-state index contributed by atoms with van der Waals surface area (Å²) in [5.41, 5.74) is 2.83. The minimum atomic E-state index is -3.45. The lowest BCUT2D eigenvalue weighted by Crippen LogP contribution is -2.33. The van der Waals surface area contributed by atoms with E-state index in [1.54, 1.807) is 12.1 Å². The number of nitrogens with zero attached hydrogens (tertiary/aromatic N) is 2. The summed E-state index contributed by atoms with van der Waals surface area (Å²) in [5, 5.41) is 14.4. The smallest absolute Gasteiger partial charge is 0.179 e. The van der Waals surface area contributed by atoms with Gasteiger partial charge in [0.25, 0.3) is 0 Å². The molecule has 0 atom stereocenters. The number of nitrogens with one attached hydrogen (secondary N) is 1. The van der Waals surface area contributed by atoms with Crippen molar-refractivity contribution in [3.8, 4) is 16.9 Å². The van der Waals surface area contributed by atoms with E-state index in [2.05, 4.69) is 22.2 Å². The molecule has 30 heavy (non-hydrogen) atoms. The van der Waals surface area contributed by atoms with E-state index < -0.39 is 9.84 Å². The average molecular weight is 426 g/mol. The van der Waals surface area contributed by atoms with Gasteiger partial charge in [-0.1, -0.05) is 24.3 Å². The number of phenolic OH excluding ortho intramolecular Hbond substituents is 1. The van der Waals surface area contributed by atoms with Crippen molar-refractivity contribution < 1.29 is 13.5 Å². The van der Waals surface area contributed by atoms with Gasteiger partial charge in [0.1, 0.15) is 10.6 Å². The zero-order chi connectivity index (χ0) is 21.3. The molecule has 0 unspecified atom stereocenters. The van der Waals surface area contributed by atoms with Crippen molar-refractivity contribution >= 4 is 26.4 Å². The summed E-state index contributed by atoms with van der Waals surface area (Å²) >= 11 is 0. The van der Waals surface area contributed by atoms with Gasteiger partial charge in [-0.2, -0.15) is 0 Å². The van der Waals surface area contributed by atoms with Crippen LogP contribution in [-0.2, 0) is 9.84 Å². The largest absolute Gasteiger partial charge is 0.507 e. The van der Waals surface area contributed by atoms with Crippen LogP contribution >= 0.6 is 0 Å². The molecule has 158 valence electrons. The van der Waals surface area contributed by atoms with Crippen molar-refractivity contribution in [2.75, 3.05) is 38.3 Å². The molecule has 7 heteroatoms. The summed E-state index contributed by atoms with van der Waals surface area (Å²) < 4.78 is 24.9. The Morgan fingerprint density at radius 1 is 1.17 bits per heavy atom. The molecule has 0 bridgehead atoms. The summed E-state index contributed by atoms with van der Waals surface area (Å²) in [6.45, 7) is 2.83. The van der Waals surface area contributed by atoms with Crippen LogP contribution in [0.3, 0.4) is 0 Å². The van der Waals surface area contributed by atoms with Crippen molar-refractivity contribution in [3.63, 3.8) is 0 Å². The van der Waals surface area contributed by atoms with E-state index in [1.807, 2.05) is 30.3 Å². The van der Waals surface area contributed by atoms with Crippen LogP contribution < -0.4 is 5.32 Å². The monoisotopic (exact) mass is 425 g/mol. The zero-order valence-corrected chi connectivity index (χ0v) is 18.1. The van der Waals surface area contributed by atoms with Crippen molar-refractivity contribution in [2.45, 2.75) is 17.7 Å². The van der Waals surface area contributed by atoms with Crippen LogP contribution in [0.5, 0.6) is 5.75 Å². The highest BCUT2D eigenvalue weighted by Crippen LogP contribution is 2.35. The van der Waals surface area contributed by atoms with Crippen LogP contribution in [0.4, 0.5) is 5.69 Å². The van der Waals surface area contributed by atoms with Crippen LogP contribution in [0, 0.1) is 5.92 Å². The Morgan fingerprint density at radius 3 is 2.60 bits per heavy atom. The standard InChI is InChI=1S/C23H27N3O3S/c1-26-11-9-16(10-12-26)14-25-23-19-13-17(18-5-3-4-6-21(18)27)7-8-20(19)24-15-22(23)30(2,28)29/h3-8,13,15-16,27H,9-12,14H2,1-2H3,(H,24,25). The van der Waals surface area contributed by atoms with Crippen molar-refractivity contribution in [1.29, 1.82) is 0 Å². The number of phenols is 1. The van der Waals surface area contributed by atoms with Gasteiger partial charge in [-0.05, 0) is 62.7 Å². The first kappa shape index (κ1) is 20.6. The molecule has 0 saturated carbocycles. The summed E-state index contributed by atoms with van der Waals surface area (Å²) in [5.74, 6) is 0.683. The minimum absolute atomic E-state index is 0.185. The molecule has 1 saturated heterocycles. The van der Waals surface area contributed by atoms with Crippen molar-refractivity contribution in [1.82, 2.24) is 9.88 Å². The molecule has 2 aromatic carbocycles. The first-order valence-electron chi connectivity index (χ1n) is 10.2. The number of sulfone groups is 1. The summed E-state index contributed by atoms with van der Waals surface area (Å²) in [7, 11) is -1.33. The van der Waals surface area contributed by atoms with Gasteiger partial charge in [0, 0.05) is 29.9 Å². The van der Waals surface area contributed by atoms with Gasteiger partial charge in [-0.25, -0.2) is 8.42 Å². The fourth-order valence-electron chi connectivity index (χ4n) is 4.04. The highest BCUT2D eigenvalue weighted by molar-refractivity contribution is 7.90. The Morgan fingerprint density at radius 2 is 1.90 bits per heavy atom. The van der Waals surface area contributed by atoms with Gasteiger partial charge in [-0.15, -0.1) is 0 Å². The number of pyridine rings is 1. The number of hydrogen-bond donors (Lipinski definition) is 2. The maximum atomic E-state index is 12.5. The topological polar surface area (TPSA) is 82.5 Å². The van der Waals surface area contributed by atoms with E-state index in [1.165, 1.54) is 12.5 Å². The molecule has 0 aliphatic carbocycles. The Balaban J connectivity index is 1.77. The number of anilines is 1. The van der Waals surface area contributed by atoms with Crippen LogP contribution in [0.2, 0.25) is 0 Å². The fourth-order valence-corrected chi connectivity index (χ4v) is 4.83. The van der Waals surface area contributed by atoms with E-state index >= 15 is 0 Å². The highest BCUT2D eigenvalue weighted by Gasteiger charge is 2.21. The first-order chi connectivity index (χ1) is 14.3. The first-order valence-corrected chi connectivity index (χ1v) is 12.1. The number of rotatable bonds is 5. The van der Waals surface area contributed by atoms with Gasteiger partial charge >= 0.3 is 0 Å². The molecule has 2 N–H and O–H groups in total. The third-order valence-corrected chi connectivity index (χ3v) is 6.96. The lowest BCUT2D eigenvalue weighted by molar-refractivity contribution is 0.226. The number of aromatic nitrogens is 1. The molecular formula is C23H27N3O3S. The number of aromatic hydroxyl groups is 1. The summed E-state index contributed by atoms with van der Waals surface area (Å²) in [4.78, 5) is 6.91. The minimum Gasteiger partial charge on any atom is -0.507 e. The number of hydrogen-bond acceptors (Lipinski definition) is 6. The molecule has 1 aromatic heterocycles. The second kappa shape index (κ2) is 8.24. The summed E-state index contributed by atoms with van der Waals surface area (Å²) in [6.07, 6.45) is 4.82. The second-order valence-corrected chi connectivity index (χ2v) is 10.1. The lowest BCUT2D eigenvalue weighted by atomic mass is 9.97. The molecule has 1 aliphatic heterocycles. The van der Waals surface area contributed by atoms with Crippen molar-refractivity contribution in [2.24, 2.45) is 5.92 Å². The molecular weight excluding hydrogens is 398 g/mol. The molecule has 0 amide bonds. The molecule has 3 aromatic rings. The summed E-state index contributed by atoms with van der Waals surface area (Å²) in [6, 6.07) is 12.8. The fraction of sp³-hybridized carbons (Fsp3) is 0.348. The van der Waals surface area contributed by atoms with Crippen molar-refractivity contribution in [3.05, 3.63) is 48.7 Å². The Kier molecular flexibility index (Phi) is 5.66.